The maximum Gasteiger partial charge on any atom is 0.267 e. The summed E-state index contributed by atoms with van der Waals surface area (Å²) in [6.07, 6.45) is 3.66. The molecule has 1 fully saturated rings. The number of amides is 1. The highest BCUT2D eigenvalue weighted by molar-refractivity contribution is 5.90. The number of hydrogen-bond donors (Lipinski definition) is 1. The standard InChI is InChI=1S/C23H22F2N4O2/c24-19-9-6-17(14-20(19)25)26-22(30)15-29-23(31)11-10-21(27-29)16-4-7-18(8-5-16)28-12-2-1-3-13-28/h4-11,14H,1-3,12-13,15H2,(H,26,30). The third kappa shape index (κ3) is 4.96. The minimum Gasteiger partial charge on any atom is -0.372 e. The predicted molar refractivity (Wildman–Crippen MR) is 115 cm³/mol. The molecule has 1 N–H and O–H groups in total. The fraction of sp³-hybridized carbons (Fsp3) is 0.261. The molecule has 1 amide bonds. The fourth-order valence-corrected chi connectivity index (χ4v) is 3.62. The molecule has 8 heteroatoms. The van der Waals surface area contributed by atoms with Gasteiger partial charge in [0.15, 0.2) is 11.6 Å². The largest absolute Gasteiger partial charge is 0.372 e. The van der Waals surface area contributed by atoms with Gasteiger partial charge in [-0.05, 0) is 49.6 Å². The number of carbonyl (C=O) groups excluding carboxylic acids is 1. The van der Waals surface area contributed by atoms with Crippen molar-refractivity contribution in [3.05, 3.63) is 76.6 Å². The first kappa shape index (κ1) is 20.7. The molecule has 160 valence electrons. The molecule has 1 aliphatic heterocycles. The molecule has 4 rings (SSSR count). The molecule has 0 aliphatic carbocycles. The minimum absolute atomic E-state index is 0.0985. The summed E-state index contributed by atoms with van der Waals surface area (Å²) in [5.41, 5.74) is 2.21. The van der Waals surface area contributed by atoms with E-state index < -0.39 is 23.1 Å². The smallest absolute Gasteiger partial charge is 0.267 e. The maximum absolute atomic E-state index is 13.3. The quantitative estimate of drug-likeness (QED) is 0.676. The molecule has 3 aromatic rings. The van der Waals surface area contributed by atoms with Crippen LogP contribution in [0, 0.1) is 11.6 Å². The van der Waals surface area contributed by atoms with Gasteiger partial charge in [0.1, 0.15) is 6.54 Å². The third-order valence-electron chi connectivity index (χ3n) is 5.25. The Kier molecular flexibility index (Phi) is 6.06. The lowest BCUT2D eigenvalue weighted by atomic mass is 10.1. The summed E-state index contributed by atoms with van der Waals surface area (Å²) in [4.78, 5) is 26.8. The van der Waals surface area contributed by atoms with Crippen molar-refractivity contribution in [3.63, 3.8) is 0 Å². The number of nitrogens with zero attached hydrogens (tertiary/aromatic N) is 3. The normalized spacial score (nSPS) is 13.8. The van der Waals surface area contributed by atoms with Gasteiger partial charge in [-0.15, -0.1) is 0 Å². The van der Waals surface area contributed by atoms with Crippen molar-refractivity contribution < 1.29 is 13.6 Å². The Morgan fingerprint density at radius 1 is 0.935 bits per heavy atom. The lowest BCUT2D eigenvalue weighted by molar-refractivity contribution is -0.117. The Labute approximate surface area is 178 Å². The molecule has 6 nitrogen and oxygen atoms in total. The molecule has 0 atom stereocenters. The van der Waals surface area contributed by atoms with E-state index in [1.165, 1.54) is 31.4 Å². The maximum atomic E-state index is 13.3. The lowest BCUT2D eigenvalue weighted by Crippen LogP contribution is -2.29. The van der Waals surface area contributed by atoms with E-state index in [4.69, 9.17) is 0 Å². The Hall–Kier alpha value is -3.55. The van der Waals surface area contributed by atoms with Crippen LogP contribution in [0.15, 0.2) is 59.4 Å². The topological polar surface area (TPSA) is 67.2 Å². The third-order valence-corrected chi connectivity index (χ3v) is 5.25. The summed E-state index contributed by atoms with van der Waals surface area (Å²) < 4.78 is 27.4. The number of aromatic nitrogens is 2. The Bertz CT molecular complexity index is 1140. The van der Waals surface area contributed by atoms with Gasteiger partial charge in [0, 0.05) is 42.2 Å². The first-order valence-electron chi connectivity index (χ1n) is 10.2. The Balaban J connectivity index is 1.48. The number of nitrogens with one attached hydrogen (secondary N) is 1. The molecule has 1 saturated heterocycles. The number of anilines is 2. The van der Waals surface area contributed by atoms with Gasteiger partial charge in [0.05, 0.1) is 5.69 Å². The number of hydrogen-bond acceptors (Lipinski definition) is 4. The molecule has 0 unspecified atom stereocenters. The molecule has 0 bridgehead atoms. The average Bonchev–Trinajstić information content (AvgIpc) is 2.78. The second-order valence-electron chi connectivity index (χ2n) is 7.49. The highest BCUT2D eigenvalue weighted by atomic mass is 19.2. The van der Waals surface area contributed by atoms with Gasteiger partial charge in [-0.25, -0.2) is 13.5 Å². The van der Waals surface area contributed by atoms with Crippen LogP contribution in [0.25, 0.3) is 11.3 Å². The Morgan fingerprint density at radius 3 is 2.39 bits per heavy atom. The second kappa shape index (κ2) is 9.07. The monoisotopic (exact) mass is 424 g/mol. The zero-order chi connectivity index (χ0) is 21.8. The van der Waals surface area contributed by atoms with Gasteiger partial charge < -0.3 is 10.2 Å². The molecule has 2 heterocycles. The molecule has 0 saturated carbocycles. The number of piperidine rings is 1. The van der Waals surface area contributed by atoms with E-state index in [2.05, 4.69) is 15.3 Å². The van der Waals surface area contributed by atoms with Gasteiger partial charge in [-0.1, -0.05) is 12.1 Å². The van der Waals surface area contributed by atoms with E-state index in [1.807, 2.05) is 24.3 Å². The van der Waals surface area contributed by atoms with Gasteiger partial charge >= 0.3 is 0 Å². The van der Waals surface area contributed by atoms with E-state index in [9.17, 15) is 18.4 Å². The molecule has 0 spiro atoms. The van der Waals surface area contributed by atoms with Crippen molar-refractivity contribution in [2.45, 2.75) is 25.8 Å². The van der Waals surface area contributed by atoms with Crippen molar-refractivity contribution in [1.29, 1.82) is 0 Å². The van der Waals surface area contributed by atoms with Gasteiger partial charge in [-0.3, -0.25) is 9.59 Å². The van der Waals surface area contributed by atoms with E-state index in [-0.39, 0.29) is 12.2 Å². The van der Waals surface area contributed by atoms with Crippen LogP contribution >= 0.6 is 0 Å². The molecule has 31 heavy (non-hydrogen) atoms. The van der Waals surface area contributed by atoms with Gasteiger partial charge in [-0.2, -0.15) is 5.10 Å². The van der Waals surface area contributed by atoms with Crippen molar-refractivity contribution in [3.8, 4) is 11.3 Å². The van der Waals surface area contributed by atoms with Crippen LogP contribution in [0.5, 0.6) is 0 Å². The van der Waals surface area contributed by atoms with Gasteiger partial charge in [0.2, 0.25) is 5.91 Å². The van der Waals surface area contributed by atoms with E-state index in [1.54, 1.807) is 6.07 Å². The Morgan fingerprint density at radius 2 is 1.68 bits per heavy atom. The second-order valence-corrected chi connectivity index (χ2v) is 7.49. The summed E-state index contributed by atoms with van der Waals surface area (Å²) in [6, 6.07) is 14.0. The van der Waals surface area contributed by atoms with E-state index >= 15 is 0 Å². The van der Waals surface area contributed by atoms with Crippen molar-refractivity contribution in [2.75, 3.05) is 23.3 Å². The zero-order valence-corrected chi connectivity index (χ0v) is 16.9. The number of rotatable bonds is 5. The molecular formula is C23H22F2N4O2. The highest BCUT2D eigenvalue weighted by Gasteiger charge is 2.12. The van der Waals surface area contributed by atoms with Crippen LogP contribution in [-0.4, -0.2) is 28.8 Å². The molecule has 2 aromatic carbocycles. The minimum atomic E-state index is -1.07. The summed E-state index contributed by atoms with van der Waals surface area (Å²) in [5.74, 6) is -2.64. The van der Waals surface area contributed by atoms with Crippen molar-refractivity contribution in [2.24, 2.45) is 0 Å². The predicted octanol–water partition coefficient (Wildman–Crippen LogP) is 3.82. The van der Waals surface area contributed by atoms with Crippen LogP contribution in [0.1, 0.15) is 19.3 Å². The highest BCUT2D eigenvalue weighted by Crippen LogP contribution is 2.23. The first-order chi connectivity index (χ1) is 15.0. The van der Waals surface area contributed by atoms with Crippen LogP contribution in [-0.2, 0) is 11.3 Å². The average molecular weight is 424 g/mol. The van der Waals surface area contributed by atoms with Crippen molar-refractivity contribution in [1.82, 2.24) is 9.78 Å². The summed E-state index contributed by atoms with van der Waals surface area (Å²) >= 11 is 0. The molecule has 1 aliphatic rings. The van der Waals surface area contributed by atoms with E-state index in [0.29, 0.717) is 5.69 Å². The van der Waals surface area contributed by atoms with E-state index in [0.717, 1.165) is 41.2 Å². The lowest BCUT2D eigenvalue weighted by Gasteiger charge is -2.28. The van der Waals surface area contributed by atoms with Crippen molar-refractivity contribution >= 4 is 17.3 Å². The zero-order valence-electron chi connectivity index (χ0n) is 16.9. The molecular weight excluding hydrogens is 402 g/mol. The SMILES string of the molecule is O=C(Cn1nc(-c2ccc(N3CCCCC3)cc2)ccc1=O)Nc1ccc(F)c(F)c1. The first-order valence-corrected chi connectivity index (χ1v) is 10.2. The van der Waals surface area contributed by atoms with Crippen LogP contribution < -0.4 is 15.8 Å². The number of benzene rings is 2. The summed E-state index contributed by atoms with van der Waals surface area (Å²) in [6.45, 7) is 1.75. The molecule has 1 aromatic heterocycles. The number of halogens is 2. The summed E-state index contributed by atoms with van der Waals surface area (Å²) in [5, 5.41) is 6.73. The number of carbonyl (C=O) groups is 1. The summed E-state index contributed by atoms with van der Waals surface area (Å²) in [7, 11) is 0. The van der Waals surface area contributed by atoms with Gasteiger partial charge in [0.25, 0.3) is 5.56 Å². The van der Waals surface area contributed by atoms with Crippen LogP contribution in [0.3, 0.4) is 0 Å². The fourth-order valence-electron chi connectivity index (χ4n) is 3.62. The van der Waals surface area contributed by atoms with Crippen LogP contribution in [0.2, 0.25) is 0 Å². The van der Waals surface area contributed by atoms with Crippen LogP contribution in [0.4, 0.5) is 20.2 Å². The molecule has 0 radical (unpaired) electrons.